The molecule has 41 heavy (non-hydrogen) atoms. The van der Waals surface area contributed by atoms with E-state index >= 15 is 0 Å². The average Bonchev–Trinajstić information content (AvgIpc) is 3.20. The summed E-state index contributed by atoms with van der Waals surface area (Å²) in [6.45, 7) is 4.92. The lowest BCUT2D eigenvalue weighted by Gasteiger charge is -2.13. The Morgan fingerprint density at radius 3 is 1.41 bits per heavy atom. The molecule has 1 aromatic carbocycles. The number of carboxylic acids is 1. The molecule has 0 radical (unpaired) electrons. The van der Waals surface area contributed by atoms with Crippen LogP contribution in [0.2, 0.25) is 0 Å². The van der Waals surface area contributed by atoms with Crippen molar-refractivity contribution in [3.8, 4) is 0 Å². The van der Waals surface area contributed by atoms with Crippen LogP contribution in [0.25, 0.3) is 0 Å². The molecule has 0 fully saturated rings. The largest absolute Gasteiger partial charge is 0.481 e. The second kappa shape index (κ2) is 21.8. The van der Waals surface area contributed by atoms with Crippen LogP contribution in [-0.4, -0.2) is 126 Å². The molecule has 2 rings (SSSR count). The third-order valence-corrected chi connectivity index (χ3v) is 5.71. The van der Waals surface area contributed by atoms with E-state index in [0.717, 1.165) is 0 Å². The predicted molar refractivity (Wildman–Crippen MR) is 144 cm³/mol. The first-order valence-corrected chi connectivity index (χ1v) is 13.8. The summed E-state index contributed by atoms with van der Waals surface area (Å²) in [6.07, 6.45) is 1.21. The Kier molecular flexibility index (Phi) is 18.2. The fraction of sp³-hybridized carbons (Fsp3) is 0.643. The molecule has 0 atom stereocenters. The molecule has 1 N–H and O–H groups in total. The topological polar surface area (TPSA) is 156 Å². The molecule has 0 saturated heterocycles. The van der Waals surface area contributed by atoms with Gasteiger partial charge in [0.05, 0.1) is 97.0 Å². The maximum atomic E-state index is 12.3. The van der Waals surface area contributed by atoms with E-state index in [-0.39, 0.29) is 57.0 Å². The molecular formula is C28H41NO12. The van der Waals surface area contributed by atoms with E-state index in [0.29, 0.717) is 90.0 Å². The summed E-state index contributed by atoms with van der Waals surface area (Å²) in [5.74, 6) is -1.80. The molecule has 13 nitrogen and oxygen atoms in total. The molecule has 1 aliphatic rings. The van der Waals surface area contributed by atoms with Gasteiger partial charge in [0, 0.05) is 12.8 Å². The molecule has 0 bridgehead atoms. The summed E-state index contributed by atoms with van der Waals surface area (Å²) in [5.41, 5.74) is 0.863. The SMILES string of the molecule is O=C(O)CCCCC(=O)OCCOCCOCCOCCOCCOCCOCCN1C(=O)c2ccccc2C1=O. The van der Waals surface area contributed by atoms with Crippen molar-refractivity contribution < 1.29 is 57.4 Å². The number of imide groups is 1. The monoisotopic (exact) mass is 583 g/mol. The second-order valence-electron chi connectivity index (χ2n) is 8.80. The molecule has 230 valence electrons. The zero-order valence-electron chi connectivity index (χ0n) is 23.4. The summed E-state index contributed by atoms with van der Waals surface area (Å²) in [6, 6.07) is 6.78. The Morgan fingerprint density at radius 2 is 0.976 bits per heavy atom. The van der Waals surface area contributed by atoms with Crippen LogP contribution in [-0.2, 0) is 42.7 Å². The minimum Gasteiger partial charge on any atom is -0.481 e. The average molecular weight is 584 g/mol. The quantitative estimate of drug-likeness (QED) is 0.0955. The van der Waals surface area contributed by atoms with Crippen molar-refractivity contribution in [2.24, 2.45) is 0 Å². The maximum absolute atomic E-state index is 12.3. The van der Waals surface area contributed by atoms with Gasteiger partial charge in [-0.3, -0.25) is 24.1 Å². The van der Waals surface area contributed by atoms with Crippen molar-refractivity contribution >= 4 is 23.8 Å². The molecule has 0 aliphatic carbocycles. The van der Waals surface area contributed by atoms with Crippen molar-refractivity contribution in [3.05, 3.63) is 35.4 Å². The number of ether oxygens (including phenoxy) is 7. The maximum Gasteiger partial charge on any atom is 0.305 e. The minimum atomic E-state index is -0.869. The van der Waals surface area contributed by atoms with E-state index in [9.17, 15) is 19.2 Å². The van der Waals surface area contributed by atoms with Gasteiger partial charge in [-0.05, 0) is 25.0 Å². The van der Waals surface area contributed by atoms with Gasteiger partial charge >= 0.3 is 11.9 Å². The number of esters is 1. The highest BCUT2D eigenvalue weighted by molar-refractivity contribution is 6.21. The van der Waals surface area contributed by atoms with E-state index in [1.165, 1.54) is 4.90 Å². The first-order valence-electron chi connectivity index (χ1n) is 13.8. The standard InChI is InChI=1S/C28H41NO12/c30-25(31)7-3-4-8-26(32)41-22-21-40-20-19-39-18-17-38-16-15-37-14-13-36-12-11-35-10-9-29-27(33)23-5-1-2-6-24(23)28(29)34/h1-2,5-6H,3-4,7-22H2,(H,30,31). The van der Waals surface area contributed by atoms with E-state index in [4.69, 9.17) is 38.3 Å². The van der Waals surface area contributed by atoms with Gasteiger partial charge < -0.3 is 38.3 Å². The summed E-state index contributed by atoms with van der Waals surface area (Å²) in [4.78, 5) is 47.6. The summed E-state index contributed by atoms with van der Waals surface area (Å²) in [5, 5.41) is 8.53. The Morgan fingerprint density at radius 1 is 0.585 bits per heavy atom. The number of amides is 2. The van der Waals surface area contributed by atoms with Gasteiger partial charge in [0.2, 0.25) is 0 Å². The highest BCUT2D eigenvalue weighted by Gasteiger charge is 2.34. The van der Waals surface area contributed by atoms with Crippen LogP contribution < -0.4 is 0 Å². The lowest BCUT2D eigenvalue weighted by Crippen LogP contribution is -2.33. The first-order chi connectivity index (χ1) is 20.0. The van der Waals surface area contributed by atoms with Crippen LogP contribution >= 0.6 is 0 Å². The van der Waals surface area contributed by atoms with Crippen LogP contribution in [0.5, 0.6) is 0 Å². The van der Waals surface area contributed by atoms with Gasteiger partial charge in [0.15, 0.2) is 0 Å². The van der Waals surface area contributed by atoms with E-state index in [1.54, 1.807) is 24.3 Å². The van der Waals surface area contributed by atoms with Crippen molar-refractivity contribution in [3.63, 3.8) is 0 Å². The van der Waals surface area contributed by atoms with E-state index in [2.05, 4.69) is 0 Å². The molecule has 2 amide bonds. The van der Waals surface area contributed by atoms with Crippen molar-refractivity contribution in [1.29, 1.82) is 0 Å². The molecule has 0 aromatic heterocycles. The molecule has 0 saturated carbocycles. The number of aliphatic carboxylic acids is 1. The predicted octanol–water partition coefficient (Wildman–Crippen LogP) is 1.57. The Hall–Kier alpha value is -2.94. The van der Waals surface area contributed by atoms with Gasteiger partial charge in [-0.15, -0.1) is 0 Å². The number of rotatable bonds is 26. The zero-order valence-corrected chi connectivity index (χ0v) is 23.4. The molecule has 1 aliphatic heterocycles. The third-order valence-electron chi connectivity index (χ3n) is 5.71. The summed E-state index contributed by atoms with van der Waals surface area (Å²) < 4.78 is 37.4. The number of unbranched alkanes of at least 4 members (excludes halogenated alkanes) is 1. The number of carboxylic acid groups (broad SMARTS) is 1. The van der Waals surface area contributed by atoms with E-state index in [1.807, 2.05) is 0 Å². The van der Waals surface area contributed by atoms with E-state index < -0.39 is 5.97 Å². The van der Waals surface area contributed by atoms with Crippen LogP contribution in [0.1, 0.15) is 46.4 Å². The van der Waals surface area contributed by atoms with Gasteiger partial charge in [0.25, 0.3) is 11.8 Å². The van der Waals surface area contributed by atoms with Gasteiger partial charge in [-0.2, -0.15) is 0 Å². The number of hydrogen-bond donors (Lipinski definition) is 1. The van der Waals surface area contributed by atoms with Crippen molar-refractivity contribution in [1.82, 2.24) is 4.90 Å². The lowest BCUT2D eigenvalue weighted by atomic mass is 10.1. The number of fused-ring (bicyclic) bond motifs is 1. The lowest BCUT2D eigenvalue weighted by molar-refractivity contribution is -0.146. The number of nitrogens with zero attached hydrogens (tertiary/aromatic N) is 1. The molecule has 1 aromatic rings. The van der Waals surface area contributed by atoms with Gasteiger partial charge in [-0.25, -0.2) is 0 Å². The fourth-order valence-corrected chi connectivity index (χ4v) is 3.63. The molecule has 1 heterocycles. The highest BCUT2D eigenvalue weighted by Crippen LogP contribution is 2.21. The number of hydrogen-bond acceptors (Lipinski definition) is 11. The normalized spacial score (nSPS) is 12.6. The number of carbonyl (C=O) groups excluding carboxylic acids is 3. The van der Waals surface area contributed by atoms with Crippen molar-refractivity contribution in [2.45, 2.75) is 25.7 Å². The zero-order chi connectivity index (χ0) is 29.5. The van der Waals surface area contributed by atoms with Crippen LogP contribution in [0.4, 0.5) is 0 Å². The van der Waals surface area contributed by atoms with Crippen LogP contribution in [0.3, 0.4) is 0 Å². The first kappa shape index (κ1) is 34.3. The Bertz CT molecular complexity index is 890. The molecule has 13 heteroatoms. The van der Waals surface area contributed by atoms with Crippen LogP contribution in [0, 0.1) is 0 Å². The third kappa shape index (κ3) is 15.0. The molecular weight excluding hydrogens is 542 g/mol. The Labute approximate surface area is 239 Å². The number of carbonyl (C=O) groups is 4. The Balaban J connectivity index is 1.24. The second-order valence-corrected chi connectivity index (χ2v) is 8.80. The minimum absolute atomic E-state index is 0.0538. The highest BCUT2D eigenvalue weighted by atomic mass is 16.6. The van der Waals surface area contributed by atoms with Gasteiger partial charge in [-0.1, -0.05) is 12.1 Å². The number of benzene rings is 1. The van der Waals surface area contributed by atoms with Gasteiger partial charge in [0.1, 0.15) is 6.61 Å². The smallest absolute Gasteiger partial charge is 0.305 e. The molecule has 0 unspecified atom stereocenters. The molecule has 0 spiro atoms. The fourth-order valence-electron chi connectivity index (χ4n) is 3.63. The van der Waals surface area contributed by atoms with Crippen LogP contribution in [0.15, 0.2) is 24.3 Å². The van der Waals surface area contributed by atoms with Crippen molar-refractivity contribution in [2.75, 3.05) is 92.4 Å². The summed E-state index contributed by atoms with van der Waals surface area (Å²) in [7, 11) is 0. The summed E-state index contributed by atoms with van der Waals surface area (Å²) >= 11 is 0.